The summed E-state index contributed by atoms with van der Waals surface area (Å²) in [6, 6.07) is 5.73. The van der Waals surface area contributed by atoms with Crippen molar-refractivity contribution in [3.63, 3.8) is 0 Å². The maximum Gasteiger partial charge on any atom is 0.221 e. The minimum Gasteiger partial charge on any atom is -0.494 e. The second-order valence-electron chi connectivity index (χ2n) is 4.44. The van der Waals surface area contributed by atoms with E-state index in [9.17, 15) is 0 Å². The van der Waals surface area contributed by atoms with Crippen LogP contribution in [-0.2, 0) is 5.54 Å². The molecule has 1 aromatic heterocycles. The molecule has 1 aliphatic carbocycles. The molecule has 3 rings (SSSR count). The minimum atomic E-state index is -0.332. The second-order valence-corrected chi connectivity index (χ2v) is 4.44. The zero-order chi connectivity index (χ0) is 12.0. The van der Waals surface area contributed by atoms with Gasteiger partial charge in [0.1, 0.15) is 11.3 Å². The van der Waals surface area contributed by atoms with Crippen LogP contribution in [0.1, 0.15) is 18.5 Å². The Hall–Kier alpha value is -1.88. The van der Waals surface area contributed by atoms with Crippen molar-refractivity contribution >= 4 is 16.9 Å². The van der Waals surface area contributed by atoms with E-state index in [0.29, 0.717) is 5.75 Å². The quantitative estimate of drug-likeness (QED) is 0.808. The number of aromatic nitrogens is 2. The van der Waals surface area contributed by atoms with Gasteiger partial charge in [0.2, 0.25) is 5.95 Å². The van der Waals surface area contributed by atoms with Crippen LogP contribution < -0.4 is 16.2 Å². The Labute approximate surface area is 98.8 Å². The van der Waals surface area contributed by atoms with Crippen molar-refractivity contribution in [2.45, 2.75) is 18.4 Å². The summed E-state index contributed by atoms with van der Waals surface area (Å²) in [4.78, 5) is 8.53. The van der Waals surface area contributed by atoms with Crippen LogP contribution in [0, 0.1) is 0 Å². The van der Waals surface area contributed by atoms with Crippen molar-refractivity contribution in [1.29, 1.82) is 0 Å². The monoisotopic (exact) mass is 230 g/mol. The summed E-state index contributed by atoms with van der Waals surface area (Å²) in [6.07, 6.45) is 1.88. The first-order chi connectivity index (χ1) is 8.14. The maximum absolute atomic E-state index is 6.21. The Balaban J connectivity index is 2.36. The lowest BCUT2D eigenvalue weighted by molar-refractivity contribution is 0.419. The van der Waals surface area contributed by atoms with Gasteiger partial charge < -0.3 is 16.2 Å². The maximum atomic E-state index is 6.21. The molecule has 0 unspecified atom stereocenters. The lowest BCUT2D eigenvalue weighted by Gasteiger charge is -2.13. The van der Waals surface area contributed by atoms with Crippen LogP contribution in [0.5, 0.6) is 5.75 Å². The number of rotatable bonds is 2. The number of nitrogen functional groups attached to an aromatic ring is 1. The van der Waals surface area contributed by atoms with E-state index in [0.717, 1.165) is 29.4 Å². The van der Waals surface area contributed by atoms with E-state index in [-0.39, 0.29) is 11.5 Å². The standard InChI is InChI=1S/C12H14N4O/c1-17-8-4-2-3-7-9(8)15-11(13)16-10(7)12(14)5-6-12/h2-4H,5-6,14H2,1H3,(H2,13,15,16). The van der Waals surface area contributed by atoms with E-state index in [1.54, 1.807) is 7.11 Å². The summed E-state index contributed by atoms with van der Waals surface area (Å²) in [6.45, 7) is 0. The molecule has 2 aromatic rings. The van der Waals surface area contributed by atoms with E-state index in [1.807, 2.05) is 18.2 Å². The number of fused-ring (bicyclic) bond motifs is 1. The molecule has 1 aliphatic rings. The van der Waals surface area contributed by atoms with Gasteiger partial charge in [-0.2, -0.15) is 0 Å². The highest BCUT2D eigenvalue weighted by Crippen LogP contribution is 2.45. The summed E-state index contributed by atoms with van der Waals surface area (Å²) >= 11 is 0. The molecule has 1 saturated carbocycles. The van der Waals surface area contributed by atoms with Gasteiger partial charge in [-0.3, -0.25) is 0 Å². The minimum absolute atomic E-state index is 0.244. The molecule has 1 aromatic carbocycles. The molecule has 0 amide bonds. The predicted octanol–water partition coefficient (Wildman–Crippen LogP) is 1.17. The molecular formula is C12H14N4O. The van der Waals surface area contributed by atoms with Gasteiger partial charge in [-0.15, -0.1) is 0 Å². The second kappa shape index (κ2) is 3.30. The van der Waals surface area contributed by atoms with Gasteiger partial charge in [-0.1, -0.05) is 12.1 Å². The van der Waals surface area contributed by atoms with Gasteiger partial charge in [-0.25, -0.2) is 9.97 Å². The van der Waals surface area contributed by atoms with Gasteiger partial charge in [0.15, 0.2) is 0 Å². The number of ether oxygens (including phenoxy) is 1. The Morgan fingerprint density at radius 1 is 1.29 bits per heavy atom. The van der Waals surface area contributed by atoms with Crippen molar-refractivity contribution < 1.29 is 4.74 Å². The number of nitrogens with zero attached hydrogens (tertiary/aromatic N) is 2. The number of nitrogens with two attached hydrogens (primary N) is 2. The summed E-state index contributed by atoms with van der Waals surface area (Å²) in [5, 5.41) is 0.929. The molecule has 1 fully saturated rings. The lowest BCUT2D eigenvalue weighted by Crippen LogP contribution is -2.22. The molecule has 0 aliphatic heterocycles. The van der Waals surface area contributed by atoms with Crippen molar-refractivity contribution in [2.75, 3.05) is 12.8 Å². The van der Waals surface area contributed by atoms with E-state index in [1.165, 1.54) is 0 Å². The van der Waals surface area contributed by atoms with E-state index >= 15 is 0 Å². The molecule has 1 heterocycles. The fourth-order valence-corrected chi connectivity index (χ4v) is 2.06. The van der Waals surface area contributed by atoms with Crippen LogP contribution in [-0.4, -0.2) is 17.1 Å². The molecule has 5 heteroatoms. The average molecular weight is 230 g/mol. The summed E-state index contributed by atoms with van der Waals surface area (Å²) < 4.78 is 5.28. The molecule has 0 atom stereocenters. The highest BCUT2D eigenvalue weighted by atomic mass is 16.5. The highest BCUT2D eigenvalue weighted by Gasteiger charge is 2.43. The molecule has 4 N–H and O–H groups in total. The third-order valence-corrected chi connectivity index (χ3v) is 3.19. The Morgan fingerprint density at radius 2 is 2.06 bits per heavy atom. The average Bonchev–Trinajstić information content (AvgIpc) is 3.06. The zero-order valence-corrected chi connectivity index (χ0v) is 9.60. The highest BCUT2D eigenvalue weighted by molar-refractivity contribution is 5.88. The Morgan fingerprint density at radius 3 is 2.71 bits per heavy atom. The van der Waals surface area contributed by atoms with E-state index in [2.05, 4.69) is 9.97 Å². The summed E-state index contributed by atoms with van der Waals surface area (Å²) in [5.74, 6) is 0.941. The topological polar surface area (TPSA) is 87.0 Å². The van der Waals surface area contributed by atoms with Crippen molar-refractivity contribution in [3.8, 4) is 5.75 Å². The number of hydrogen-bond acceptors (Lipinski definition) is 5. The molecule has 0 radical (unpaired) electrons. The van der Waals surface area contributed by atoms with Crippen molar-refractivity contribution in [3.05, 3.63) is 23.9 Å². The van der Waals surface area contributed by atoms with Crippen molar-refractivity contribution in [1.82, 2.24) is 9.97 Å². The zero-order valence-electron chi connectivity index (χ0n) is 9.60. The number of hydrogen-bond donors (Lipinski definition) is 2. The van der Waals surface area contributed by atoms with Crippen LogP contribution in [0.2, 0.25) is 0 Å². The molecule has 88 valence electrons. The van der Waals surface area contributed by atoms with Crippen LogP contribution in [0.3, 0.4) is 0 Å². The Kier molecular flexibility index (Phi) is 2.00. The molecule has 0 saturated heterocycles. The smallest absolute Gasteiger partial charge is 0.221 e. The van der Waals surface area contributed by atoms with Crippen LogP contribution in [0.15, 0.2) is 18.2 Å². The SMILES string of the molecule is COc1cccc2c(C3(N)CC3)nc(N)nc12. The predicted molar refractivity (Wildman–Crippen MR) is 65.6 cm³/mol. The number of methoxy groups -OCH3 is 1. The normalized spacial score (nSPS) is 17.1. The fourth-order valence-electron chi connectivity index (χ4n) is 2.06. The van der Waals surface area contributed by atoms with E-state index in [4.69, 9.17) is 16.2 Å². The Bertz CT molecular complexity index is 592. The molecule has 5 nitrogen and oxygen atoms in total. The lowest BCUT2D eigenvalue weighted by atomic mass is 10.1. The molecule has 0 spiro atoms. The third-order valence-electron chi connectivity index (χ3n) is 3.19. The summed E-state index contributed by atoms with van der Waals surface area (Å²) in [5.41, 5.74) is 13.2. The van der Waals surface area contributed by atoms with E-state index < -0.39 is 0 Å². The van der Waals surface area contributed by atoms with Gasteiger partial charge >= 0.3 is 0 Å². The first kappa shape index (κ1) is 10.3. The van der Waals surface area contributed by atoms with Gasteiger partial charge in [0.05, 0.1) is 18.3 Å². The van der Waals surface area contributed by atoms with Gasteiger partial charge in [0.25, 0.3) is 0 Å². The summed E-state index contributed by atoms with van der Waals surface area (Å²) in [7, 11) is 1.61. The first-order valence-corrected chi connectivity index (χ1v) is 5.54. The number of para-hydroxylation sites is 1. The van der Waals surface area contributed by atoms with Crippen LogP contribution >= 0.6 is 0 Å². The van der Waals surface area contributed by atoms with Crippen molar-refractivity contribution in [2.24, 2.45) is 5.73 Å². The first-order valence-electron chi connectivity index (χ1n) is 5.54. The number of benzene rings is 1. The van der Waals surface area contributed by atoms with Gasteiger partial charge in [-0.05, 0) is 18.9 Å². The molecule has 17 heavy (non-hydrogen) atoms. The molecular weight excluding hydrogens is 216 g/mol. The molecule has 0 bridgehead atoms. The number of anilines is 1. The fraction of sp³-hybridized carbons (Fsp3) is 0.333. The van der Waals surface area contributed by atoms with Gasteiger partial charge in [0, 0.05) is 5.39 Å². The van der Waals surface area contributed by atoms with Crippen LogP contribution in [0.4, 0.5) is 5.95 Å². The third kappa shape index (κ3) is 1.51. The van der Waals surface area contributed by atoms with Crippen LogP contribution in [0.25, 0.3) is 10.9 Å². The largest absolute Gasteiger partial charge is 0.494 e.